The molecular formula is C38H33N5O2Zn+2. The number of fused-ring (bicyclic) bond motifs is 10. The molecule has 0 spiro atoms. The maximum atomic E-state index is 11.6. The van der Waals surface area contributed by atoms with E-state index in [1.54, 1.807) is 12.1 Å². The number of carbonyl (C=O) groups is 1. The molecule has 0 aliphatic carbocycles. The number of benzene rings is 1. The summed E-state index contributed by atoms with van der Waals surface area (Å²) in [4.78, 5) is 33.7. The van der Waals surface area contributed by atoms with Gasteiger partial charge in [0.05, 0.1) is 39.7 Å². The van der Waals surface area contributed by atoms with E-state index in [0.29, 0.717) is 0 Å². The standard InChI is InChI=1S/C38H33N5O2.Zn/c1-5-29-21(3)33-17-27-13-15-31(40-27)37(23-7-9-24(10-8-23)38(44)45)32-16-14-28(41-32)18-34-22(4)30(6-2)36(43-34)20-26-12-11-25(39-26)19-35(29)42-33;/h7-20,40-41H,5-6H2,1-4H3,(H,44,45);/q;+2. The number of aromatic carboxylic acids is 1. The van der Waals surface area contributed by atoms with Crippen molar-refractivity contribution in [3.05, 3.63) is 113 Å². The van der Waals surface area contributed by atoms with Gasteiger partial charge in [0.15, 0.2) is 0 Å². The van der Waals surface area contributed by atoms with E-state index >= 15 is 0 Å². The molecule has 0 radical (unpaired) electrons. The monoisotopic (exact) mass is 655 g/mol. The molecule has 1 aromatic carbocycles. The molecular weight excluding hydrogens is 624 g/mol. The predicted molar refractivity (Wildman–Crippen MR) is 183 cm³/mol. The first-order valence-corrected chi connectivity index (χ1v) is 15.3. The van der Waals surface area contributed by atoms with Crippen molar-refractivity contribution in [2.45, 2.75) is 40.5 Å². The summed E-state index contributed by atoms with van der Waals surface area (Å²) in [5.74, 6) is -0.952. The van der Waals surface area contributed by atoms with Crippen LogP contribution in [-0.4, -0.2) is 36.0 Å². The molecule has 3 aromatic heterocycles. The molecule has 6 heterocycles. The quantitative estimate of drug-likeness (QED) is 0.167. The van der Waals surface area contributed by atoms with Crippen LogP contribution in [0, 0.1) is 0 Å². The van der Waals surface area contributed by atoms with Gasteiger partial charge in [-0.15, -0.1) is 0 Å². The van der Waals surface area contributed by atoms with Crippen LogP contribution in [0.15, 0.2) is 72.8 Å². The Morgan fingerprint density at radius 2 is 1.13 bits per heavy atom. The van der Waals surface area contributed by atoms with Crippen LogP contribution in [0.3, 0.4) is 0 Å². The number of hydrogen-bond donors (Lipinski definition) is 3. The number of H-pyrrole nitrogens is 2. The van der Waals surface area contributed by atoms with Crippen molar-refractivity contribution >= 4 is 62.5 Å². The Bertz CT molecular complexity index is 2110. The average Bonchev–Trinajstić information content (AvgIpc) is 3.86. The van der Waals surface area contributed by atoms with E-state index in [2.05, 4.69) is 86.2 Å². The SMILES string of the molecule is CCC1=C(C)c2cc3ccc([nH]3)c(-c3ccc(C(=O)O)cc3)c3ccc(cc4nc(cc5nc(cc1n2)C=C5)C(CC)=C4C)[nH]3.[Zn+2]. The van der Waals surface area contributed by atoms with E-state index in [9.17, 15) is 9.90 Å². The van der Waals surface area contributed by atoms with Crippen molar-refractivity contribution in [1.82, 2.24) is 24.9 Å². The molecule has 0 amide bonds. The fourth-order valence-electron chi connectivity index (χ4n) is 6.32. The van der Waals surface area contributed by atoms with Crippen LogP contribution >= 0.6 is 0 Å². The Morgan fingerprint density at radius 1 is 0.652 bits per heavy atom. The zero-order chi connectivity index (χ0) is 31.2. The summed E-state index contributed by atoms with van der Waals surface area (Å²) in [5, 5.41) is 9.49. The molecule has 0 saturated heterocycles. The van der Waals surface area contributed by atoms with Crippen LogP contribution in [-0.2, 0) is 19.5 Å². The van der Waals surface area contributed by atoms with Crippen molar-refractivity contribution in [2.75, 3.05) is 0 Å². The zero-order valence-corrected chi connectivity index (χ0v) is 29.4. The summed E-state index contributed by atoms with van der Waals surface area (Å²) >= 11 is 0. The first-order chi connectivity index (χ1) is 21.8. The normalized spacial score (nSPS) is 13.1. The third kappa shape index (κ3) is 5.65. The molecule has 7 nitrogen and oxygen atoms in total. The van der Waals surface area contributed by atoms with Crippen LogP contribution in [0.4, 0.5) is 0 Å². The van der Waals surface area contributed by atoms with Gasteiger partial charge in [-0.3, -0.25) is 0 Å². The van der Waals surface area contributed by atoms with Crippen LogP contribution < -0.4 is 0 Å². The summed E-state index contributed by atoms with van der Waals surface area (Å²) in [6.07, 6.45) is 5.80. The van der Waals surface area contributed by atoms with Crippen LogP contribution in [0.5, 0.6) is 0 Å². The van der Waals surface area contributed by atoms with Gasteiger partial charge in [0.2, 0.25) is 0 Å². The minimum Gasteiger partial charge on any atom is -0.478 e. The van der Waals surface area contributed by atoms with Gasteiger partial charge in [-0.05, 0) is 127 Å². The first-order valence-electron chi connectivity index (χ1n) is 15.3. The van der Waals surface area contributed by atoms with Gasteiger partial charge in [0, 0.05) is 27.6 Å². The van der Waals surface area contributed by atoms with Gasteiger partial charge in [-0.25, -0.2) is 19.7 Å². The minimum atomic E-state index is -0.952. The van der Waals surface area contributed by atoms with Gasteiger partial charge in [-0.1, -0.05) is 26.0 Å². The zero-order valence-electron chi connectivity index (χ0n) is 26.4. The fraction of sp³-hybridized carbons (Fsp3) is 0.158. The maximum Gasteiger partial charge on any atom is 2.00 e. The fourth-order valence-corrected chi connectivity index (χ4v) is 6.32. The molecule has 46 heavy (non-hydrogen) atoms. The molecule has 4 aromatic rings. The predicted octanol–water partition coefficient (Wildman–Crippen LogP) is 9.36. The van der Waals surface area contributed by atoms with E-state index in [1.807, 2.05) is 24.3 Å². The Kier molecular flexibility index (Phi) is 8.41. The van der Waals surface area contributed by atoms with E-state index in [1.165, 1.54) is 11.1 Å². The molecule has 0 fully saturated rings. The number of rotatable bonds is 4. The van der Waals surface area contributed by atoms with Gasteiger partial charge in [-0.2, -0.15) is 0 Å². The molecule has 222 valence electrons. The van der Waals surface area contributed by atoms with Crippen molar-refractivity contribution in [3.8, 4) is 11.1 Å². The summed E-state index contributed by atoms with van der Waals surface area (Å²) in [5.41, 5.74) is 15.9. The third-order valence-electron chi connectivity index (χ3n) is 8.69. The molecule has 10 bridgehead atoms. The molecule has 3 aliphatic rings. The number of nitrogens with one attached hydrogen (secondary N) is 2. The Labute approximate surface area is 280 Å². The van der Waals surface area contributed by atoms with E-state index in [-0.39, 0.29) is 25.0 Å². The number of carboxylic acid groups (broad SMARTS) is 1. The van der Waals surface area contributed by atoms with Gasteiger partial charge < -0.3 is 15.1 Å². The van der Waals surface area contributed by atoms with Crippen LogP contribution in [0.25, 0.3) is 67.6 Å². The number of aromatic amines is 2. The molecule has 0 atom stereocenters. The maximum absolute atomic E-state index is 11.6. The number of nitrogens with zero attached hydrogens (tertiary/aromatic N) is 3. The summed E-state index contributed by atoms with van der Waals surface area (Å²) in [6, 6.07) is 23.5. The van der Waals surface area contributed by atoms with Gasteiger partial charge >= 0.3 is 25.4 Å². The Morgan fingerprint density at radius 3 is 1.57 bits per heavy atom. The van der Waals surface area contributed by atoms with E-state index in [0.717, 1.165) is 91.3 Å². The summed E-state index contributed by atoms with van der Waals surface area (Å²) in [6.45, 7) is 8.56. The second kappa shape index (κ2) is 12.5. The Balaban J connectivity index is 0.00000372. The van der Waals surface area contributed by atoms with Crippen molar-refractivity contribution in [3.63, 3.8) is 0 Å². The third-order valence-corrected chi connectivity index (χ3v) is 8.69. The molecule has 0 saturated carbocycles. The first kappa shape index (κ1) is 31.1. The van der Waals surface area contributed by atoms with Crippen LogP contribution in [0.2, 0.25) is 0 Å². The second-order valence-corrected chi connectivity index (χ2v) is 11.5. The number of carboxylic acids is 1. The van der Waals surface area contributed by atoms with Gasteiger partial charge in [0.1, 0.15) is 0 Å². The van der Waals surface area contributed by atoms with E-state index in [4.69, 9.17) is 15.0 Å². The Hall–Kier alpha value is -4.94. The number of hydrogen-bond acceptors (Lipinski definition) is 4. The summed E-state index contributed by atoms with van der Waals surface area (Å²) < 4.78 is 0. The molecule has 7 rings (SSSR count). The van der Waals surface area contributed by atoms with Crippen molar-refractivity contribution < 1.29 is 29.4 Å². The molecule has 8 heteroatoms. The summed E-state index contributed by atoms with van der Waals surface area (Å²) in [7, 11) is 0. The number of aromatic nitrogens is 5. The topological polar surface area (TPSA) is 108 Å². The molecule has 0 unspecified atom stereocenters. The van der Waals surface area contributed by atoms with Crippen LogP contribution in [0.1, 0.15) is 85.1 Å². The largest absolute Gasteiger partial charge is 2.00 e. The minimum absolute atomic E-state index is 0. The smallest absolute Gasteiger partial charge is 0.478 e. The molecule has 3 N–H and O–H groups in total. The molecule has 3 aliphatic heterocycles. The van der Waals surface area contributed by atoms with Crippen molar-refractivity contribution in [2.24, 2.45) is 0 Å². The van der Waals surface area contributed by atoms with Gasteiger partial charge in [0.25, 0.3) is 0 Å². The number of allylic oxidation sites excluding steroid dienone is 4. The van der Waals surface area contributed by atoms with Crippen molar-refractivity contribution in [1.29, 1.82) is 0 Å². The average molecular weight is 657 g/mol. The van der Waals surface area contributed by atoms with E-state index < -0.39 is 5.97 Å². The second-order valence-electron chi connectivity index (χ2n) is 11.5.